The number of nitrogens with one attached hydrogen (secondary N) is 1. The maximum atomic E-state index is 15.4. The Kier molecular flexibility index (Phi) is 15.7. The van der Waals surface area contributed by atoms with E-state index in [9.17, 15) is 36.7 Å². The van der Waals surface area contributed by atoms with Crippen molar-refractivity contribution < 1.29 is 45.5 Å². The van der Waals surface area contributed by atoms with E-state index in [1.807, 2.05) is 13.8 Å². The van der Waals surface area contributed by atoms with Gasteiger partial charge in [-0.25, -0.2) is 26.3 Å². The van der Waals surface area contributed by atoms with Gasteiger partial charge in [-0.15, -0.1) is 0 Å². The van der Waals surface area contributed by atoms with Gasteiger partial charge in [0.05, 0.1) is 26.7 Å². The second kappa shape index (κ2) is 20.3. The number of hydrogen-bond donors (Lipinski definition) is 1. The van der Waals surface area contributed by atoms with Gasteiger partial charge in [0.25, 0.3) is 0 Å². The molecular formula is C48H41BrF6N2O4. The average Bonchev–Trinajstić information content (AvgIpc) is 3.18. The molecule has 0 heterocycles. The van der Waals surface area contributed by atoms with Crippen molar-refractivity contribution in [3.8, 4) is 0 Å². The first-order valence-corrected chi connectivity index (χ1v) is 19.4. The first kappa shape index (κ1) is 47.3. The van der Waals surface area contributed by atoms with E-state index in [1.165, 1.54) is 16.0 Å². The lowest BCUT2D eigenvalue weighted by molar-refractivity contribution is 0.0983. The highest BCUT2D eigenvalue weighted by molar-refractivity contribution is 9.10. The second-order valence-electron chi connectivity index (χ2n) is 14.1. The molecule has 6 aromatic rings. The van der Waals surface area contributed by atoms with Gasteiger partial charge in [-0.05, 0) is 120 Å². The van der Waals surface area contributed by atoms with Gasteiger partial charge in [0, 0.05) is 22.7 Å². The van der Waals surface area contributed by atoms with Crippen LogP contribution in [0.5, 0.6) is 0 Å². The van der Waals surface area contributed by atoms with Crippen molar-refractivity contribution in [2.45, 2.75) is 55.4 Å². The van der Waals surface area contributed by atoms with Gasteiger partial charge in [0.1, 0.15) is 5.69 Å². The molecule has 13 heteroatoms. The van der Waals surface area contributed by atoms with Crippen LogP contribution in [0.15, 0.2) is 102 Å². The number of carbonyl (C=O) groups is 4. The third-order valence-electron chi connectivity index (χ3n) is 9.17. The zero-order valence-corrected chi connectivity index (χ0v) is 36.0. The van der Waals surface area contributed by atoms with Crippen LogP contribution in [0.25, 0.3) is 0 Å². The van der Waals surface area contributed by atoms with Crippen molar-refractivity contribution in [3.63, 3.8) is 0 Å². The number of aryl methyl sites for hydroxylation is 4. The Balaban J connectivity index is 0.000000222. The van der Waals surface area contributed by atoms with Crippen LogP contribution in [-0.2, 0) is 0 Å². The molecule has 0 spiro atoms. The molecule has 6 rings (SSSR count). The Morgan fingerprint density at radius 2 is 0.656 bits per heavy atom. The van der Waals surface area contributed by atoms with Gasteiger partial charge in [-0.2, -0.15) is 0 Å². The van der Waals surface area contributed by atoms with E-state index in [0.717, 1.165) is 50.2 Å². The molecule has 0 saturated carbocycles. The summed E-state index contributed by atoms with van der Waals surface area (Å²) in [5, 5.41) is 3.36. The fourth-order valence-electron chi connectivity index (χ4n) is 5.95. The zero-order chi connectivity index (χ0) is 45.5. The summed E-state index contributed by atoms with van der Waals surface area (Å²) in [6, 6.07) is 30.4. The molecule has 6 nitrogen and oxygen atoms in total. The quantitative estimate of drug-likeness (QED) is 0.0673. The predicted molar refractivity (Wildman–Crippen MR) is 230 cm³/mol. The molecule has 0 fully saturated rings. The summed E-state index contributed by atoms with van der Waals surface area (Å²) >= 11 is 2.53. The normalized spacial score (nSPS) is 10.5. The molecule has 6 aromatic carbocycles. The molecule has 0 bridgehead atoms. The van der Waals surface area contributed by atoms with E-state index in [0.29, 0.717) is 11.4 Å². The first-order chi connectivity index (χ1) is 28.7. The molecule has 0 aliphatic heterocycles. The van der Waals surface area contributed by atoms with Crippen LogP contribution < -0.4 is 10.2 Å². The largest absolute Gasteiger partial charge is 0.356 e. The fourth-order valence-corrected chi connectivity index (χ4v) is 6.35. The van der Waals surface area contributed by atoms with E-state index >= 15 is 8.78 Å². The van der Waals surface area contributed by atoms with E-state index in [1.54, 1.807) is 48.5 Å². The Morgan fingerprint density at radius 3 is 0.918 bits per heavy atom. The predicted octanol–water partition coefficient (Wildman–Crippen LogP) is 13.9. The number of halogens is 7. The molecule has 0 amide bonds. The minimum Gasteiger partial charge on any atom is -0.356 e. The van der Waals surface area contributed by atoms with Crippen molar-refractivity contribution in [2.75, 3.05) is 10.2 Å². The Morgan fingerprint density at radius 1 is 0.410 bits per heavy atom. The number of hydrogen-bond acceptors (Lipinski definition) is 6. The topological polar surface area (TPSA) is 83.5 Å². The van der Waals surface area contributed by atoms with Crippen molar-refractivity contribution in [2.24, 2.45) is 0 Å². The highest BCUT2D eigenvalue weighted by Crippen LogP contribution is 2.41. The SMILES string of the molecule is CC(=O)c1c(F)c(Br)c(F)c(C(C)=O)c1F.CC(=O)c1c(F)c(C(C)=O)c(F)c(N(c2ccc(C)cc2)c2ccc(C)cc2)c1F.Cc1ccc(Nc2ccc(C)cc2)cc1. The Labute approximate surface area is 358 Å². The summed E-state index contributed by atoms with van der Waals surface area (Å²) < 4.78 is 85.1. The van der Waals surface area contributed by atoms with Crippen molar-refractivity contribution >= 4 is 67.5 Å². The van der Waals surface area contributed by atoms with Crippen molar-refractivity contribution in [1.82, 2.24) is 0 Å². The van der Waals surface area contributed by atoms with Gasteiger partial charge in [0.2, 0.25) is 0 Å². The van der Waals surface area contributed by atoms with Crippen LogP contribution in [-0.4, -0.2) is 23.1 Å². The van der Waals surface area contributed by atoms with Gasteiger partial charge in [0.15, 0.2) is 58.0 Å². The standard InChI is InChI=1S/C24H20F3NO2.C14H15N.C10H6BrF3O2/c1-13-5-9-17(10-6-13)28(18-11-7-14(2)8-12-18)24-22(26)19(15(3)29)21(25)20(16(4)30)23(24)27;1-11-3-7-13(8-4-11)15-14-9-5-12(2)6-10-14;1-3(15)5-8(12)6(4(2)16)10(14)7(11)9(5)13/h5-12H,1-4H3;3-10,15H,1-2H3;1-2H3. The number of benzene rings is 6. The number of carbonyl (C=O) groups excluding carboxylic acids is 4. The van der Waals surface area contributed by atoms with Gasteiger partial charge in [-0.1, -0.05) is 70.8 Å². The summed E-state index contributed by atoms with van der Waals surface area (Å²) in [5.41, 5.74) is 3.05. The van der Waals surface area contributed by atoms with Crippen LogP contribution in [0.4, 0.5) is 54.8 Å². The summed E-state index contributed by atoms with van der Waals surface area (Å²) in [4.78, 5) is 47.2. The highest BCUT2D eigenvalue weighted by atomic mass is 79.9. The Hall–Kier alpha value is -6.34. The van der Waals surface area contributed by atoms with Crippen LogP contribution in [0.2, 0.25) is 0 Å². The third-order valence-corrected chi connectivity index (χ3v) is 9.86. The van der Waals surface area contributed by atoms with E-state index in [4.69, 9.17) is 0 Å². The molecule has 0 aromatic heterocycles. The van der Waals surface area contributed by atoms with E-state index in [-0.39, 0.29) is 0 Å². The smallest absolute Gasteiger partial charge is 0.165 e. The van der Waals surface area contributed by atoms with Crippen LogP contribution >= 0.6 is 15.9 Å². The second-order valence-corrected chi connectivity index (χ2v) is 14.9. The summed E-state index contributed by atoms with van der Waals surface area (Å²) in [7, 11) is 0. The summed E-state index contributed by atoms with van der Waals surface area (Å²) in [6.45, 7) is 11.7. The number of nitrogens with zero attached hydrogens (tertiary/aromatic N) is 1. The highest BCUT2D eigenvalue weighted by Gasteiger charge is 2.33. The van der Waals surface area contributed by atoms with E-state index in [2.05, 4.69) is 83.6 Å². The van der Waals surface area contributed by atoms with Crippen molar-refractivity contribution in [3.05, 3.63) is 181 Å². The maximum Gasteiger partial charge on any atom is 0.165 e. The van der Waals surface area contributed by atoms with Gasteiger partial charge >= 0.3 is 0 Å². The molecular weight excluding hydrogens is 862 g/mol. The lowest BCUT2D eigenvalue weighted by Gasteiger charge is -2.28. The third kappa shape index (κ3) is 11.1. The summed E-state index contributed by atoms with van der Waals surface area (Å²) in [5.74, 6) is -12.1. The lowest BCUT2D eigenvalue weighted by atomic mass is 9.99. The zero-order valence-electron chi connectivity index (χ0n) is 34.5. The number of rotatable bonds is 9. The molecule has 1 N–H and O–H groups in total. The van der Waals surface area contributed by atoms with Crippen molar-refractivity contribution in [1.29, 1.82) is 0 Å². The fraction of sp³-hybridized carbons (Fsp3) is 0.167. The maximum absolute atomic E-state index is 15.4. The summed E-state index contributed by atoms with van der Waals surface area (Å²) in [6.07, 6.45) is 0. The van der Waals surface area contributed by atoms with Gasteiger partial charge in [-0.3, -0.25) is 19.2 Å². The molecule has 0 unspecified atom stereocenters. The van der Waals surface area contributed by atoms with E-state index < -0.39 is 90.5 Å². The minimum absolute atomic E-state index is 0.387. The molecule has 0 saturated heterocycles. The molecule has 0 atom stereocenters. The van der Waals surface area contributed by atoms with Gasteiger partial charge < -0.3 is 10.2 Å². The number of ketones is 4. The molecule has 0 aliphatic carbocycles. The lowest BCUT2D eigenvalue weighted by Crippen LogP contribution is -2.20. The molecule has 0 radical (unpaired) electrons. The minimum atomic E-state index is -1.48. The molecule has 0 aliphatic rings. The van der Waals surface area contributed by atoms with Crippen LogP contribution in [0.3, 0.4) is 0 Å². The molecule has 61 heavy (non-hydrogen) atoms. The van der Waals surface area contributed by atoms with Crippen LogP contribution in [0.1, 0.15) is 91.4 Å². The number of anilines is 5. The molecule has 316 valence electrons. The average molecular weight is 904 g/mol. The Bertz CT molecular complexity index is 2440. The number of Topliss-reactive ketones (excluding diaryl/α,β-unsaturated/α-hetero) is 4. The first-order valence-electron chi connectivity index (χ1n) is 18.6. The monoisotopic (exact) mass is 902 g/mol. The van der Waals surface area contributed by atoms with Crippen LogP contribution in [0, 0.1) is 62.6 Å².